The number of carboxylic acids is 1. The van der Waals surface area contributed by atoms with E-state index in [1.54, 1.807) is 39.0 Å². The van der Waals surface area contributed by atoms with E-state index < -0.39 is 44.9 Å². The van der Waals surface area contributed by atoms with E-state index in [0.29, 0.717) is 59.7 Å². The van der Waals surface area contributed by atoms with E-state index in [-0.39, 0.29) is 35.6 Å². The summed E-state index contributed by atoms with van der Waals surface area (Å²) >= 11 is 0. The van der Waals surface area contributed by atoms with Gasteiger partial charge in [-0.1, -0.05) is 24.6 Å². The highest BCUT2D eigenvalue weighted by Crippen LogP contribution is 2.45. The fourth-order valence-electron chi connectivity index (χ4n) is 8.65. The maximum absolute atomic E-state index is 14.8. The van der Waals surface area contributed by atoms with Crippen LogP contribution in [0.1, 0.15) is 98.0 Å². The molecular weight excluding hydrogens is 776 g/mol. The van der Waals surface area contributed by atoms with Crippen molar-refractivity contribution in [3.63, 3.8) is 0 Å². The Morgan fingerprint density at radius 2 is 1.72 bits per heavy atom. The Bertz CT molecular complexity index is 2300. The van der Waals surface area contributed by atoms with Gasteiger partial charge >= 0.3 is 12.1 Å². The smallest absolute Gasteiger partial charge is 0.452 e. The number of anilines is 1. The minimum atomic E-state index is -4.75. The lowest BCUT2D eigenvalue weighted by Gasteiger charge is -2.38. The number of sulfonamides is 1. The van der Waals surface area contributed by atoms with Crippen LogP contribution in [-0.4, -0.2) is 99.3 Å². The number of carboxylic acid groups (broad SMARTS) is 1. The second-order valence-electron chi connectivity index (χ2n) is 16.8. The Morgan fingerprint density at radius 1 is 1.02 bits per heavy atom. The maximum atomic E-state index is 14.8. The first kappa shape index (κ1) is 41.8. The van der Waals surface area contributed by atoms with Crippen LogP contribution < -0.4 is 10.1 Å². The molecule has 6 heterocycles. The first-order valence-electron chi connectivity index (χ1n) is 19.8. The van der Waals surface area contributed by atoms with E-state index in [4.69, 9.17) is 14.5 Å². The first-order chi connectivity index (χ1) is 27.3. The molecule has 1 spiro atoms. The molecule has 3 aromatic heterocycles. The van der Waals surface area contributed by atoms with Crippen LogP contribution in [0.15, 0.2) is 41.4 Å². The Morgan fingerprint density at radius 3 is 2.40 bits per heavy atom. The number of benzene rings is 1. The van der Waals surface area contributed by atoms with Crippen LogP contribution in [0.3, 0.4) is 0 Å². The molecule has 0 bridgehead atoms. The van der Waals surface area contributed by atoms with Gasteiger partial charge in [-0.05, 0) is 113 Å². The largest absolute Gasteiger partial charge is 0.481 e. The number of halogens is 3. The molecule has 2 fully saturated rings. The van der Waals surface area contributed by atoms with Gasteiger partial charge in [-0.2, -0.15) is 22.5 Å². The summed E-state index contributed by atoms with van der Waals surface area (Å²) in [7, 11) is -4.20. The zero-order valence-electron chi connectivity index (χ0n) is 33.8. The van der Waals surface area contributed by atoms with Crippen LogP contribution in [0.25, 0.3) is 5.65 Å². The number of fused-ring (bicyclic) bond motifs is 2. The minimum absolute atomic E-state index is 0.0279. The van der Waals surface area contributed by atoms with Crippen molar-refractivity contribution < 1.29 is 41.0 Å². The Labute approximate surface area is 337 Å². The molecule has 3 aliphatic heterocycles. The number of aliphatic carboxylic acids is 1. The van der Waals surface area contributed by atoms with E-state index in [9.17, 15) is 31.5 Å². The normalized spacial score (nSPS) is 19.9. The molecule has 0 amide bonds. The number of pyridine rings is 2. The van der Waals surface area contributed by atoms with Crippen LogP contribution in [0, 0.1) is 26.2 Å². The Balaban J connectivity index is 1.27. The van der Waals surface area contributed by atoms with Crippen LogP contribution in [0.4, 0.5) is 19.0 Å². The summed E-state index contributed by atoms with van der Waals surface area (Å²) in [6.45, 7) is 14.2. The van der Waals surface area contributed by atoms with Crippen molar-refractivity contribution in [1.82, 2.24) is 28.8 Å². The molecular formula is C41H52F3N7O6S. The van der Waals surface area contributed by atoms with Crippen LogP contribution in [-0.2, 0) is 32.3 Å². The van der Waals surface area contributed by atoms with Crippen molar-refractivity contribution in [3.8, 4) is 5.88 Å². The Hall–Kier alpha value is -4.32. The van der Waals surface area contributed by atoms with Gasteiger partial charge in [0, 0.05) is 44.1 Å². The highest BCUT2D eigenvalue weighted by atomic mass is 32.2. The van der Waals surface area contributed by atoms with Gasteiger partial charge in [0.15, 0.2) is 5.65 Å². The molecule has 7 rings (SSSR count). The molecule has 13 nitrogen and oxygen atoms in total. The van der Waals surface area contributed by atoms with Gasteiger partial charge in [-0.3, -0.25) is 9.20 Å². The van der Waals surface area contributed by atoms with Gasteiger partial charge in [-0.15, -0.1) is 10.2 Å². The zero-order valence-corrected chi connectivity index (χ0v) is 34.6. The average molecular weight is 828 g/mol. The van der Waals surface area contributed by atoms with Gasteiger partial charge in [0.2, 0.25) is 21.7 Å². The number of carbonyl (C=O) groups is 1. The monoisotopic (exact) mass is 827 g/mol. The van der Waals surface area contributed by atoms with Crippen LogP contribution in [0.5, 0.6) is 5.88 Å². The summed E-state index contributed by atoms with van der Waals surface area (Å²) in [5, 5.41) is 21.3. The molecule has 3 aliphatic rings. The molecule has 17 heteroatoms. The predicted molar refractivity (Wildman–Crippen MR) is 211 cm³/mol. The fraction of sp³-hybridized carbons (Fsp3) is 0.561. The maximum Gasteiger partial charge on any atom is 0.452 e. The van der Waals surface area contributed by atoms with Crippen molar-refractivity contribution in [2.75, 3.05) is 44.7 Å². The molecule has 0 radical (unpaired) electrons. The summed E-state index contributed by atoms with van der Waals surface area (Å²) in [6.07, 6.45) is 0.939. The SMILES string of the molecule is Cc1ccc([C@H](c2ccn3c(C(F)(F)F)nnc3c2C)C(C)(C)C(=O)O)cc1CN1CC2(CCOCC2)Oc2nc(N[C@H](C)CN3CCCCC3)c(C)cc2S1(=O)=O. The van der Waals surface area contributed by atoms with E-state index in [1.807, 2.05) is 19.9 Å². The molecule has 4 aromatic rings. The van der Waals surface area contributed by atoms with Crippen molar-refractivity contribution in [1.29, 1.82) is 0 Å². The molecule has 0 saturated carbocycles. The highest BCUT2D eigenvalue weighted by Gasteiger charge is 2.47. The van der Waals surface area contributed by atoms with Crippen molar-refractivity contribution in [2.45, 2.75) is 109 Å². The predicted octanol–water partition coefficient (Wildman–Crippen LogP) is 6.73. The number of ether oxygens (including phenoxy) is 2. The van der Waals surface area contributed by atoms with E-state index in [0.717, 1.165) is 29.6 Å². The number of aromatic nitrogens is 4. The number of aryl methyl sites for hydroxylation is 3. The zero-order chi connectivity index (χ0) is 41.8. The van der Waals surface area contributed by atoms with E-state index in [1.165, 1.54) is 35.8 Å². The number of rotatable bonds is 10. The van der Waals surface area contributed by atoms with E-state index >= 15 is 0 Å². The van der Waals surface area contributed by atoms with Gasteiger partial charge in [-0.25, -0.2) is 8.42 Å². The van der Waals surface area contributed by atoms with Gasteiger partial charge in [0.25, 0.3) is 0 Å². The summed E-state index contributed by atoms with van der Waals surface area (Å²) < 4.78 is 85.5. The first-order valence-corrected chi connectivity index (χ1v) is 21.3. The fourth-order valence-corrected chi connectivity index (χ4v) is 10.3. The molecule has 0 unspecified atom stereocenters. The third-order valence-corrected chi connectivity index (χ3v) is 13.9. The lowest BCUT2D eigenvalue weighted by Crippen LogP contribution is -2.50. The summed E-state index contributed by atoms with van der Waals surface area (Å²) in [5.41, 5.74) is 0.990. The van der Waals surface area contributed by atoms with Gasteiger partial charge in [0.05, 0.1) is 25.2 Å². The van der Waals surface area contributed by atoms with Crippen LogP contribution in [0.2, 0.25) is 0 Å². The van der Waals surface area contributed by atoms with Crippen molar-refractivity contribution in [2.24, 2.45) is 5.41 Å². The van der Waals surface area contributed by atoms with Crippen LogP contribution >= 0.6 is 0 Å². The third-order valence-electron chi connectivity index (χ3n) is 12.1. The number of alkyl halides is 3. The summed E-state index contributed by atoms with van der Waals surface area (Å²) in [5.74, 6) is -2.57. The third kappa shape index (κ3) is 8.02. The second kappa shape index (κ2) is 15.7. The molecule has 0 aliphatic carbocycles. The average Bonchev–Trinajstić information content (AvgIpc) is 3.59. The standard InChI is InChI=1S/C41H52F3N7O6S/c1-25-10-11-29(33(39(5,6)38(52)53)31-12-17-51-35(28(31)4)47-48-37(51)41(42,43)44)21-30(25)23-50-24-40(13-18-56-19-14-40)57-36-32(58(50,54)55)20-26(2)34(46-36)45-27(3)22-49-15-8-7-9-16-49/h10-12,17,20-21,27,33H,7-9,13-16,18-19,22-24H2,1-6H3,(H,45,46)(H,52,53)/t27-,33-/m1/s1. The molecule has 1 aromatic carbocycles. The molecule has 2 saturated heterocycles. The lowest BCUT2D eigenvalue weighted by molar-refractivity contribution is -0.147. The summed E-state index contributed by atoms with van der Waals surface area (Å²) in [6, 6.07) is 8.57. The quantitative estimate of drug-likeness (QED) is 0.175. The van der Waals surface area contributed by atoms with Crippen molar-refractivity contribution in [3.05, 3.63) is 75.7 Å². The highest BCUT2D eigenvalue weighted by molar-refractivity contribution is 7.89. The lowest BCUT2D eigenvalue weighted by atomic mass is 9.70. The van der Waals surface area contributed by atoms with Gasteiger partial charge < -0.3 is 24.8 Å². The van der Waals surface area contributed by atoms with Crippen molar-refractivity contribution >= 4 is 27.5 Å². The molecule has 2 atom stereocenters. The number of hydrogen-bond acceptors (Lipinski definition) is 10. The van der Waals surface area contributed by atoms with Gasteiger partial charge in [0.1, 0.15) is 16.3 Å². The second-order valence-corrected chi connectivity index (χ2v) is 18.7. The Kier molecular flexibility index (Phi) is 11.3. The number of nitrogens with zero attached hydrogens (tertiary/aromatic N) is 6. The molecule has 58 heavy (non-hydrogen) atoms. The van der Waals surface area contributed by atoms with E-state index in [2.05, 4.69) is 27.3 Å². The number of hydrogen-bond donors (Lipinski definition) is 2. The molecule has 2 N–H and O–H groups in total. The molecule has 314 valence electrons. The summed E-state index contributed by atoms with van der Waals surface area (Å²) in [4.78, 5) is 20.1. The number of piperidine rings is 1. The number of nitrogens with one attached hydrogen (secondary N) is 1. The minimum Gasteiger partial charge on any atom is -0.481 e. The number of likely N-dealkylation sites (tertiary alicyclic amines) is 1. The topological polar surface area (TPSA) is 151 Å².